The molecule has 0 bridgehead atoms. The lowest BCUT2D eigenvalue weighted by Gasteiger charge is -2.16. The Morgan fingerprint density at radius 3 is 2.30 bits per heavy atom. The molecule has 0 fully saturated rings. The van der Waals surface area contributed by atoms with Crippen molar-refractivity contribution in [3.8, 4) is 0 Å². The molecule has 0 saturated carbocycles. The molecule has 0 aliphatic carbocycles. The SMILES string of the molecule is Cc1ccccc1NC(=O)C(C)Nc1ccccc1F. The highest BCUT2D eigenvalue weighted by atomic mass is 19.1. The molecule has 20 heavy (non-hydrogen) atoms. The lowest BCUT2D eigenvalue weighted by atomic mass is 10.2. The van der Waals surface area contributed by atoms with E-state index in [4.69, 9.17) is 0 Å². The van der Waals surface area contributed by atoms with Crippen LogP contribution in [0.4, 0.5) is 15.8 Å². The number of carbonyl (C=O) groups excluding carboxylic acids is 1. The first-order valence-corrected chi connectivity index (χ1v) is 6.45. The van der Waals surface area contributed by atoms with E-state index in [1.807, 2.05) is 31.2 Å². The summed E-state index contributed by atoms with van der Waals surface area (Å²) in [4.78, 5) is 12.1. The Hall–Kier alpha value is -2.36. The van der Waals surface area contributed by atoms with Gasteiger partial charge in [0.1, 0.15) is 11.9 Å². The van der Waals surface area contributed by atoms with Crippen molar-refractivity contribution >= 4 is 17.3 Å². The average molecular weight is 272 g/mol. The van der Waals surface area contributed by atoms with Gasteiger partial charge in [-0.25, -0.2) is 4.39 Å². The lowest BCUT2D eigenvalue weighted by Crippen LogP contribution is -2.32. The first-order valence-electron chi connectivity index (χ1n) is 6.45. The van der Waals surface area contributed by atoms with Crippen LogP contribution in [-0.2, 0) is 4.79 Å². The fourth-order valence-electron chi connectivity index (χ4n) is 1.83. The molecule has 0 aliphatic heterocycles. The second kappa shape index (κ2) is 6.19. The van der Waals surface area contributed by atoms with Crippen LogP contribution in [0.5, 0.6) is 0 Å². The fraction of sp³-hybridized carbons (Fsp3) is 0.188. The Labute approximate surface area is 117 Å². The summed E-state index contributed by atoms with van der Waals surface area (Å²) in [6, 6.07) is 13.3. The second-order valence-electron chi connectivity index (χ2n) is 4.65. The number of hydrogen-bond donors (Lipinski definition) is 2. The predicted octanol–water partition coefficient (Wildman–Crippen LogP) is 3.57. The quantitative estimate of drug-likeness (QED) is 0.893. The number of aryl methyl sites for hydroxylation is 1. The zero-order chi connectivity index (χ0) is 14.5. The van der Waals surface area contributed by atoms with Gasteiger partial charge in [-0.3, -0.25) is 4.79 Å². The summed E-state index contributed by atoms with van der Waals surface area (Å²) in [5, 5.41) is 5.69. The third-order valence-electron chi connectivity index (χ3n) is 3.04. The van der Waals surface area contributed by atoms with Gasteiger partial charge in [0.15, 0.2) is 0 Å². The highest BCUT2D eigenvalue weighted by molar-refractivity contribution is 5.96. The van der Waals surface area contributed by atoms with Gasteiger partial charge < -0.3 is 10.6 Å². The van der Waals surface area contributed by atoms with Crippen LogP contribution in [-0.4, -0.2) is 11.9 Å². The van der Waals surface area contributed by atoms with E-state index in [9.17, 15) is 9.18 Å². The molecule has 0 aromatic heterocycles. The van der Waals surface area contributed by atoms with Crippen LogP contribution in [0.2, 0.25) is 0 Å². The molecule has 104 valence electrons. The van der Waals surface area contributed by atoms with Crippen molar-refractivity contribution < 1.29 is 9.18 Å². The number of rotatable bonds is 4. The van der Waals surface area contributed by atoms with Gasteiger partial charge in [-0.15, -0.1) is 0 Å². The third kappa shape index (κ3) is 3.35. The maximum atomic E-state index is 13.5. The van der Waals surface area contributed by atoms with Crippen LogP contribution in [0.3, 0.4) is 0 Å². The monoisotopic (exact) mass is 272 g/mol. The molecule has 1 amide bonds. The first-order chi connectivity index (χ1) is 9.58. The van der Waals surface area contributed by atoms with Crippen LogP contribution in [0.1, 0.15) is 12.5 Å². The van der Waals surface area contributed by atoms with E-state index >= 15 is 0 Å². The Kier molecular flexibility index (Phi) is 4.35. The van der Waals surface area contributed by atoms with Crippen molar-refractivity contribution in [2.24, 2.45) is 0 Å². The van der Waals surface area contributed by atoms with Crippen LogP contribution in [0.15, 0.2) is 48.5 Å². The van der Waals surface area contributed by atoms with Gasteiger partial charge in [-0.05, 0) is 37.6 Å². The number of carbonyl (C=O) groups is 1. The van der Waals surface area contributed by atoms with Gasteiger partial charge in [0, 0.05) is 5.69 Å². The topological polar surface area (TPSA) is 41.1 Å². The predicted molar refractivity (Wildman–Crippen MR) is 79.3 cm³/mol. The van der Waals surface area contributed by atoms with Crippen LogP contribution in [0, 0.1) is 12.7 Å². The van der Waals surface area contributed by atoms with Crippen LogP contribution >= 0.6 is 0 Å². The summed E-state index contributed by atoms with van der Waals surface area (Å²) in [7, 11) is 0. The molecular weight excluding hydrogens is 255 g/mol. The average Bonchev–Trinajstić information content (AvgIpc) is 2.43. The number of amides is 1. The van der Waals surface area contributed by atoms with E-state index in [1.54, 1.807) is 25.1 Å². The molecule has 3 nitrogen and oxygen atoms in total. The Bertz CT molecular complexity index is 613. The molecule has 2 aromatic rings. The zero-order valence-electron chi connectivity index (χ0n) is 11.5. The number of para-hydroxylation sites is 2. The standard InChI is InChI=1S/C16H17FN2O/c1-11-7-3-5-9-14(11)19-16(20)12(2)18-15-10-6-4-8-13(15)17/h3-10,12,18H,1-2H3,(H,19,20). The Morgan fingerprint density at radius 2 is 1.65 bits per heavy atom. The zero-order valence-corrected chi connectivity index (χ0v) is 11.5. The van der Waals surface area contributed by atoms with E-state index in [1.165, 1.54) is 6.07 Å². The maximum absolute atomic E-state index is 13.5. The highest BCUT2D eigenvalue weighted by Gasteiger charge is 2.14. The minimum absolute atomic E-state index is 0.206. The lowest BCUT2D eigenvalue weighted by molar-refractivity contribution is -0.116. The van der Waals surface area contributed by atoms with E-state index in [0.717, 1.165) is 11.3 Å². The second-order valence-corrected chi connectivity index (χ2v) is 4.65. The van der Waals surface area contributed by atoms with E-state index in [0.29, 0.717) is 5.69 Å². The van der Waals surface area contributed by atoms with Crippen molar-refractivity contribution in [3.05, 3.63) is 59.9 Å². The van der Waals surface area contributed by atoms with E-state index in [-0.39, 0.29) is 11.7 Å². The van der Waals surface area contributed by atoms with Crippen molar-refractivity contribution in [2.45, 2.75) is 19.9 Å². The summed E-state index contributed by atoms with van der Waals surface area (Å²) in [5.41, 5.74) is 2.07. The molecular formula is C16H17FN2O. The molecule has 2 rings (SSSR count). The first kappa shape index (κ1) is 14.1. The van der Waals surface area contributed by atoms with Crippen molar-refractivity contribution in [1.29, 1.82) is 0 Å². The molecule has 0 aliphatic rings. The number of halogens is 1. The normalized spacial score (nSPS) is 11.8. The largest absolute Gasteiger partial charge is 0.372 e. The molecule has 1 atom stereocenters. The van der Waals surface area contributed by atoms with E-state index in [2.05, 4.69) is 10.6 Å². The van der Waals surface area contributed by atoms with Crippen molar-refractivity contribution in [1.82, 2.24) is 0 Å². The highest BCUT2D eigenvalue weighted by Crippen LogP contribution is 2.16. The molecule has 0 saturated heterocycles. The van der Waals surface area contributed by atoms with Gasteiger partial charge in [0.25, 0.3) is 0 Å². The summed E-state index contributed by atoms with van der Waals surface area (Å²) in [6.45, 7) is 3.62. The minimum atomic E-state index is -0.536. The molecule has 2 aromatic carbocycles. The van der Waals surface area contributed by atoms with Gasteiger partial charge in [0.05, 0.1) is 5.69 Å². The Morgan fingerprint density at radius 1 is 1.05 bits per heavy atom. The van der Waals surface area contributed by atoms with Gasteiger partial charge in [-0.1, -0.05) is 30.3 Å². The van der Waals surface area contributed by atoms with E-state index < -0.39 is 6.04 Å². The molecule has 0 heterocycles. The molecule has 4 heteroatoms. The molecule has 0 spiro atoms. The number of hydrogen-bond acceptors (Lipinski definition) is 2. The molecule has 1 unspecified atom stereocenters. The van der Waals surface area contributed by atoms with Gasteiger partial charge in [0.2, 0.25) is 5.91 Å². The smallest absolute Gasteiger partial charge is 0.246 e. The van der Waals surface area contributed by atoms with Crippen molar-refractivity contribution in [2.75, 3.05) is 10.6 Å². The third-order valence-corrected chi connectivity index (χ3v) is 3.04. The van der Waals surface area contributed by atoms with Crippen LogP contribution < -0.4 is 10.6 Å². The molecule has 2 N–H and O–H groups in total. The Balaban J connectivity index is 2.03. The summed E-state index contributed by atoms with van der Waals surface area (Å²) < 4.78 is 13.5. The van der Waals surface area contributed by atoms with Crippen molar-refractivity contribution in [3.63, 3.8) is 0 Å². The molecule has 0 radical (unpaired) electrons. The fourth-order valence-corrected chi connectivity index (χ4v) is 1.83. The maximum Gasteiger partial charge on any atom is 0.246 e. The number of nitrogens with one attached hydrogen (secondary N) is 2. The minimum Gasteiger partial charge on any atom is -0.372 e. The number of anilines is 2. The van der Waals surface area contributed by atoms with Crippen LogP contribution in [0.25, 0.3) is 0 Å². The van der Waals surface area contributed by atoms with Gasteiger partial charge in [-0.2, -0.15) is 0 Å². The summed E-state index contributed by atoms with van der Waals surface area (Å²) in [5.74, 6) is -0.578. The summed E-state index contributed by atoms with van der Waals surface area (Å²) in [6.07, 6.45) is 0. The number of benzene rings is 2. The summed E-state index contributed by atoms with van der Waals surface area (Å²) >= 11 is 0. The van der Waals surface area contributed by atoms with Gasteiger partial charge >= 0.3 is 0 Å².